The number of hydrogen-bond donors (Lipinski definition) is 3. The van der Waals surface area contributed by atoms with Crippen molar-refractivity contribution in [3.05, 3.63) is 29.1 Å². The van der Waals surface area contributed by atoms with Crippen LogP contribution in [0.1, 0.15) is 30.9 Å². The van der Waals surface area contributed by atoms with E-state index in [0.29, 0.717) is 23.6 Å². The maximum atomic E-state index is 13.5. The van der Waals surface area contributed by atoms with Gasteiger partial charge in [-0.3, -0.25) is 10.2 Å². The number of rotatable bonds is 7. The number of nitrogens with one attached hydrogen (secondary N) is 1. The second-order valence-electron chi connectivity index (χ2n) is 5.70. The van der Waals surface area contributed by atoms with Crippen LogP contribution in [-0.4, -0.2) is 36.6 Å². The molecule has 1 amide bonds. The van der Waals surface area contributed by atoms with Crippen LogP contribution in [0.3, 0.4) is 0 Å². The molecule has 0 aromatic heterocycles. The zero-order valence-electron chi connectivity index (χ0n) is 13.8. The lowest BCUT2D eigenvalue weighted by atomic mass is 10.0. The van der Waals surface area contributed by atoms with Gasteiger partial charge < -0.3 is 16.4 Å². The predicted octanol–water partition coefficient (Wildman–Crippen LogP) is 1.90. The van der Waals surface area contributed by atoms with Crippen molar-refractivity contribution in [3.63, 3.8) is 0 Å². The molecule has 1 aromatic rings. The number of carbonyl (C=O) groups is 1. The third kappa shape index (κ3) is 5.36. The summed E-state index contributed by atoms with van der Waals surface area (Å²) in [5, 5.41) is 7.99. The fraction of sp³-hybridized carbons (Fsp3) is 0.438. The number of amidine groups is 2. The van der Waals surface area contributed by atoms with E-state index in [1.54, 1.807) is 18.9 Å². The van der Waals surface area contributed by atoms with Gasteiger partial charge in [0.05, 0.1) is 0 Å². The Bertz CT molecular complexity index is 615. The monoisotopic (exact) mass is 321 g/mol. The third-order valence-electron chi connectivity index (χ3n) is 3.68. The van der Waals surface area contributed by atoms with Crippen molar-refractivity contribution in [3.8, 4) is 0 Å². The first-order valence-electron chi connectivity index (χ1n) is 7.40. The number of halogens is 1. The van der Waals surface area contributed by atoms with E-state index in [4.69, 9.17) is 16.9 Å². The summed E-state index contributed by atoms with van der Waals surface area (Å²) in [5.74, 6) is -0.369. The summed E-state index contributed by atoms with van der Waals surface area (Å²) in [6, 6.07) is 2.50. The second-order valence-corrected chi connectivity index (χ2v) is 5.70. The van der Waals surface area contributed by atoms with Crippen molar-refractivity contribution in [1.82, 2.24) is 4.90 Å². The summed E-state index contributed by atoms with van der Waals surface area (Å²) in [4.78, 5) is 16.1. The number of nitrogen functional groups attached to an aromatic ring is 1. The molecule has 0 saturated carbocycles. The van der Waals surface area contributed by atoms with E-state index in [-0.39, 0.29) is 17.3 Å². The Kier molecular flexibility index (Phi) is 6.68. The molecule has 1 aromatic carbocycles. The Morgan fingerprint density at radius 2 is 2.17 bits per heavy atom. The van der Waals surface area contributed by atoms with Crippen LogP contribution in [0, 0.1) is 24.1 Å². The predicted molar refractivity (Wildman–Crippen MR) is 91.1 cm³/mol. The summed E-state index contributed by atoms with van der Waals surface area (Å²) in [5.41, 5.74) is 12.9. The lowest BCUT2D eigenvalue weighted by Gasteiger charge is -2.14. The van der Waals surface area contributed by atoms with Crippen molar-refractivity contribution < 1.29 is 9.18 Å². The number of nitrogens with two attached hydrogens (primary N) is 2. The topological polar surface area (TPSA) is 109 Å². The largest absolute Gasteiger partial charge is 0.398 e. The molecular formula is C16H24FN5O. The molecule has 0 aliphatic heterocycles. The molecule has 126 valence electrons. The van der Waals surface area contributed by atoms with Crippen LogP contribution in [0.15, 0.2) is 17.1 Å². The molecule has 5 N–H and O–H groups in total. The van der Waals surface area contributed by atoms with Gasteiger partial charge in [0.25, 0.3) is 0 Å². The Hall–Kier alpha value is -2.44. The fourth-order valence-corrected chi connectivity index (χ4v) is 2.10. The molecule has 0 heterocycles. The summed E-state index contributed by atoms with van der Waals surface area (Å²) in [6.07, 6.45) is 2.28. The number of aliphatic imine (C=N–C) groups is 1. The number of anilines is 1. The Labute approximate surface area is 135 Å². The standard InChI is InChI=1S/C16H24FN5O/c1-10(5-4-6-22(3)9-23)15(19)21-16(20)13-8-12(17)7-11(2)14(13)18/h7-10H,4-6,18H2,1-3H3,(H3,19,20,21)/t10-/m0/s1. The number of carbonyl (C=O) groups excluding carboxylic acids is 1. The SMILES string of the molecule is Cc1cc(F)cc(C(=N)N=C(N)[C@@H](C)CCCN(C)C=O)c1N. The minimum absolute atomic E-state index is 0.0497. The molecule has 0 radical (unpaired) electrons. The van der Waals surface area contributed by atoms with Crippen LogP contribution in [0.25, 0.3) is 0 Å². The Morgan fingerprint density at radius 3 is 2.78 bits per heavy atom. The van der Waals surface area contributed by atoms with E-state index >= 15 is 0 Å². The quantitative estimate of drug-likeness (QED) is 0.309. The van der Waals surface area contributed by atoms with Crippen molar-refractivity contribution in [2.45, 2.75) is 26.7 Å². The molecule has 6 nitrogen and oxygen atoms in total. The van der Waals surface area contributed by atoms with E-state index in [0.717, 1.165) is 19.3 Å². The molecule has 0 saturated heterocycles. The van der Waals surface area contributed by atoms with Gasteiger partial charge in [-0.05, 0) is 37.5 Å². The fourth-order valence-electron chi connectivity index (χ4n) is 2.10. The first-order chi connectivity index (χ1) is 10.8. The average Bonchev–Trinajstić information content (AvgIpc) is 2.50. The van der Waals surface area contributed by atoms with Gasteiger partial charge in [0.15, 0.2) is 5.84 Å². The van der Waals surface area contributed by atoms with E-state index in [9.17, 15) is 9.18 Å². The molecular weight excluding hydrogens is 297 g/mol. The third-order valence-corrected chi connectivity index (χ3v) is 3.68. The van der Waals surface area contributed by atoms with Gasteiger partial charge in [0, 0.05) is 30.8 Å². The molecule has 0 fully saturated rings. The van der Waals surface area contributed by atoms with Gasteiger partial charge in [0.1, 0.15) is 11.7 Å². The highest BCUT2D eigenvalue weighted by Gasteiger charge is 2.13. The van der Waals surface area contributed by atoms with Crippen molar-refractivity contribution in [1.29, 1.82) is 5.41 Å². The van der Waals surface area contributed by atoms with Crippen LogP contribution in [0.2, 0.25) is 0 Å². The number of benzene rings is 1. The molecule has 0 bridgehead atoms. The smallest absolute Gasteiger partial charge is 0.209 e. The highest BCUT2D eigenvalue weighted by atomic mass is 19.1. The number of aryl methyl sites for hydroxylation is 1. The minimum Gasteiger partial charge on any atom is -0.398 e. The molecule has 0 aliphatic rings. The van der Waals surface area contributed by atoms with Crippen LogP contribution < -0.4 is 11.5 Å². The normalized spacial score (nSPS) is 12.8. The van der Waals surface area contributed by atoms with Crippen LogP contribution in [-0.2, 0) is 4.79 Å². The number of nitrogens with zero attached hydrogens (tertiary/aromatic N) is 2. The van der Waals surface area contributed by atoms with Crippen molar-refractivity contribution >= 4 is 23.8 Å². The average molecular weight is 321 g/mol. The van der Waals surface area contributed by atoms with E-state index in [1.807, 2.05) is 6.92 Å². The molecule has 0 unspecified atom stereocenters. The Morgan fingerprint density at radius 1 is 1.52 bits per heavy atom. The summed E-state index contributed by atoms with van der Waals surface area (Å²) in [6.45, 7) is 4.20. The molecule has 1 rings (SSSR count). The maximum Gasteiger partial charge on any atom is 0.209 e. The van der Waals surface area contributed by atoms with Crippen LogP contribution >= 0.6 is 0 Å². The number of amides is 1. The molecule has 0 aliphatic carbocycles. The van der Waals surface area contributed by atoms with E-state index in [1.165, 1.54) is 12.1 Å². The van der Waals surface area contributed by atoms with Gasteiger partial charge in [-0.15, -0.1) is 0 Å². The highest BCUT2D eigenvalue weighted by Crippen LogP contribution is 2.20. The van der Waals surface area contributed by atoms with Gasteiger partial charge >= 0.3 is 0 Å². The van der Waals surface area contributed by atoms with E-state index in [2.05, 4.69) is 4.99 Å². The maximum absolute atomic E-state index is 13.5. The zero-order chi connectivity index (χ0) is 17.6. The molecule has 23 heavy (non-hydrogen) atoms. The summed E-state index contributed by atoms with van der Waals surface area (Å²) >= 11 is 0. The Balaban J connectivity index is 2.77. The summed E-state index contributed by atoms with van der Waals surface area (Å²) < 4.78 is 13.5. The molecule has 1 atom stereocenters. The lowest BCUT2D eigenvalue weighted by Crippen LogP contribution is -2.25. The van der Waals surface area contributed by atoms with Crippen LogP contribution in [0.5, 0.6) is 0 Å². The van der Waals surface area contributed by atoms with Gasteiger partial charge in [-0.1, -0.05) is 6.92 Å². The van der Waals surface area contributed by atoms with Gasteiger partial charge in [-0.25, -0.2) is 9.38 Å². The first kappa shape index (κ1) is 18.6. The summed E-state index contributed by atoms with van der Waals surface area (Å²) in [7, 11) is 1.71. The van der Waals surface area contributed by atoms with Gasteiger partial charge in [0.2, 0.25) is 6.41 Å². The second kappa shape index (κ2) is 8.26. The van der Waals surface area contributed by atoms with Crippen molar-refractivity contribution in [2.24, 2.45) is 16.6 Å². The number of hydrogen-bond acceptors (Lipinski definition) is 3. The highest BCUT2D eigenvalue weighted by molar-refractivity contribution is 6.08. The first-order valence-corrected chi connectivity index (χ1v) is 7.40. The molecule has 7 heteroatoms. The lowest BCUT2D eigenvalue weighted by molar-refractivity contribution is -0.117. The zero-order valence-corrected chi connectivity index (χ0v) is 13.8. The minimum atomic E-state index is -0.463. The molecule has 0 spiro atoms. The van der Waals surface area contributed by atoms with Crippen LogP contribution in [0.4, 0.5) is 10.1 Å². The van der Waals surface area contributed by atoms with Crippen molar-refractivity contribution in [2.75, 3.05) is 19.3 Å². The van der Waals surface area contributed by atoms with Gasteiger partial charge in [-0.2, -0.15) is 0 Å². The van der Waals surface area contributed by atoms with E-state index < -0.39 is 5.82 Å².